The third-order valence-electron chi connectivity index (χ3n) is 4.31. The average Bonchev–Trinajstić information content (AvgIpc) is 2.72. The van der Waals surface area contributed by atoms with E-state index in [1.165, 1.54) is 36.4 Å². The Kier molecular flexibility index (Phi) is 6.01. The predicted octanol–water partition coefficient (Wildman–Crippen LogP) is 5.72. The van der Waals surface area contributed by atoms with Gasteiger partial charge in [-0.1, -0.05) is 48.5 Å². The molecule has 0 atom stereocenters. The first kappa shape index (κ1) is 20.9. The zero-order valence-electron chi connectivity index (χ0n) is 15.5. The van der Waals surface area contributed by atoms with E-state index in [4.69, 9.17) is 0 Å². The fraction of sp³-hybridized carbons (Fsp3) is 0.0435. The Labute approximate surface area is 170 Å². The Bertz CT molecular complexity index is 1100. The standard InChI is InChI=1S/C23H16F3NO3/c24-23(25,26)17-12-9-16(10-13-17)18-6-2-1-5-15(18)11-14-21(28)27-20-8-4-3-7-19(20)22(29)30/h1-14H,(H,27,28)(H,29,30)/b14-11+. The SMILES string of the molecule is O=C(/C=C/c1ccccc1-c1ccc(C(F)(F)F)cc1)Nc1ccccc1C(=O)O. The molecule has 7 heteroatoms. The summed E-state index contributed by atoms with van der Waals surface area (Å²) in [4.78, 5) is 23.5. The molecule has 0 spiro atoms. The van der Waals surface area contributed by atoms with Crippen LogP contribution in [-0.4, -0.2) is 17.0 Å². The summed E-state index contributed by atoms with van der Waals surface area (Å²) in [5.74, 6) is -1.70. The van der Waals surface area contributed by atoms with E-state index < -0.39 is 23.6 Å². The van der Waals surface area contributed by atoms with Gasteiger partial charge in [-0.05, 0) is 47.0 Å². The third kappa shape index (κ3) is 4.94. The first-order chi connectivity index (χ1) is 14.3. The number of anilines is 1. The Hall–Kier alpha value is -3.87. The van der Waals surface area contributed by atoms with Crippen LogP contribution in [0.4, 0.5) is 18.9 Å². The number of amides is 1. The highest BCUT2D eigenvalue weighted by Crippen LogP contribution is 2.32. The number of nitrogens with one attached hydrogen (secondary N) is 1. The van der Waals surface area contributed by atoms with Crippen LogP contribution in [0.1, 0.15) is 21.5 Å². The van der Waals surface area contributed by atoms with Crippen molar-refractivity contribution in [2.24, 2.45) is 0 Å². The van der Waals surface area contributed by atoms with Gasteiger partial charge < -0.3 is 10.4 Å². The van der Waals surface area contributed by atoms with Crippen molar-refractivity contribution in [3.8, 4) is 11.1 Å². The van der Waals surface area contributed by atoms with E-state index in [9.17, 15) is 27.9 Å². The van der Waals surface area contributed by atoms with Gasteiger partial charge in [-0.3, -0.25) is 4.79 Å². The molecule has 152 valence electrons. The molecule has 0 saturated carbocycles. The fourth-order valence-electron chi connectivity index (χ4n) is 2.86. The molecule has 0 fully saturated rings. The van der Waals surface area contributed by atoms with E-state index in [0.717, 1.165) is 12.1 Å². The van der Waals surface area contributed by atoms with Gasteiger partial charge in [0.1, 0.15) is 0 Å². The highest BCUT2D eigenvalue weighted by atomic mass is 19.4. The summed E-state index contributed by atoms with van der Waals surface area (Å²) >= 11 is 0. The second-order valence-corrected chi connectivity index (χ2v) is 6.34. The molecular formula is C23H16F3NO3. The van der Waals surface area contributed by atoms with Crippen LogP contribution in [0.15, 0.2) is 78.9 Å². The van der Waals surface area contributed by atoms with Gasteiger partial charge in [0.05, 0.1) is 16.8 Å². The minimum Gasteiger partial charge on any atom is -0.478 e. The van der Waals surface area contributed by atoms with Crippen LogP contribution in [0, 0.1) is 0 Å². The maximum absolute atomic E-state index is 12.8. The van der Waals surface area contributed by atoms with E-state index in [0.29, 0.717) is 16.7 Å². The summed E-state index contributed by atoms with van der Waals surface area (Å²) in [5.41, 5.74) is 1.23. The predicted molar refractivity (Wildman–Crippen MR) is 108 cm³/mol. The number of carboxylic acids is 1. The van der Waals surface area contributed by atoms with Crippen molar-refractivity contribution >= 4 is 23.6 Å². The number of hydrogen-bond donors (Lipinski definition) is 2. The largest absolute Gasteiger partial charge is 0.478 e. The molecular weight excluding hydrogens is 395 g/mol. The average molecular weight is 411 g/mol. The van der Waals surface area contributed by atoms with Crippen LogP contribution in [0.3, 0.4) is 0 Å². The van der Waals surface area contributed by atoms with Crippen molar-refractivity contribution in [2.75, 3.05) is 5.32 Å². The van der Waals surface area contributed by atoms with Gasteiger partial charge in [0.25, 0.3) is 0 Å². The van der Waals surface area contributed by atoms with Crippen LogP contribution in [0.2, 0.25) is 0 Å². The van der Waals surface area contributed by atoms with Crippen molar-refractivity contribution in [1.29, 1.82) is 0 Å². The van der Waals surface area contributed by atoms with Gasteiger partial charge in [-0.25, -0.2) is 4.79 Å². The number of para-hydroxylation sites is 1. The lowest BCUT2D eigenvalue weighted by Crippen LogP contribution is -2.11. The zero-order valence-corrected chi connectivity index (χ0v) is 15.5. The molecule has 0 aliphatic heterocycles. The number of aromatic carboxylic acids is 1. The quantitative estimate of drug-likeness (QED) is 0.528. The number of carboxylic acid groups (broad SMARTS) is 1. The summed E-state index contributed by atoms with van der Waals surface area (Å²) in [6.07, 6.45) is -1.66. The van der Waals surface area contributed by atoms with E-state index in [-0.39, 0.29) is 11.3 Å². The highest BCUT2D eigenvalue weighted by molar-refractivity contribution is 6.06. The van der Waals surface area contributed by atoms with Gasteiger partial charge in [0.2, 0.25) is 5.91 Å². The van der Waals surface area contributed by atoms with Crippen molar-refractivity contribution < 1.29 is 27.9 Å². The molecule has 3 aromatic carbocycles. The summed E-state index contributed by atoms with van der Waals surface area (Å²) in [7, 11) is 0. The smallest absolute Gasteiger partial charge is 0.416 e. The van der Waals surface area contributed by atoms with Gasteiger partial charge >= 0.3 is 12.1 Å². The highest BCUT2D eigenvalue weighted by Gasteiger charge is 2.30. The lowest BCUT2D eigenvalue weighted by atomic mass is 9.98. The van der Waals surface area contributed by atoms with Gasteiger partial charge in [-0.2, -0.15) is 13.2 Å². The number of hydrogen-bond acceptors (Lipinski definition) is 2. The van der Waals surface area contributed by atoms with Gasteiger partial charge in [-0.15, -0.1) is 0 Å². The molecule has 30 heavy (non-hydrogen) atoms. The number of rotatable bonds is 5. The fourth-order valence-corrected chi connectivity index (χ4v) is 2.86. The van der Waals surface area contributed by atoms with Crippen molar-refractivity contribution in [2.45, 2.75) is 6.18 Å². The molecule has 0 aliphatic carbocycles. The minimum atomic E-state index is -4.41. The molecule has 0 unspecified atom stereocenters. The first-order valence-corrected chi connectivity index (χ1v) is 8.84. The molecule has 2 N–H and O–H groups in total. The Morgan fingerprint density at radius 3 is 2.17 bits per heavy atom. The number of alkyl halides is 3. The van der Waals surface area contributed by atoms with Crippen LogP contribution in [0.5, 0.6) is 0 Å². The second-order valence-electron chi connectivity index (χ2n) is 6.34. The molecule has 4 nitrogen and oxygen atoms in total. The molecule has 0 heterocycles. The van der Waals surface area contributed by atoms with Crippen LogP contribution in [-0.2, 0) is 11.0 Å². The van der Waals surface area contributed by atoms with Crippen LogP contribution >= 0.6 is 0 Å². The van der Waals surface area contributed by atoms with E-state index >= 15 is 0 Å². The van der Waals surface area contributed by atoms with Gasteiger partial charge in [0.15, 0.2) is 0 Å². The van der Waals surface area contributed by atoms with E-state index in [1.807, 2.05) is 0 Å². The summed E-state index contributed by atoms with van der Waals surface area (Å²) in [6, 6.07) is 17.7. The Morgan fingerprint density at radius 2 is 1.50 bits per heavy atom. The van der Waals surface area contributed by atoms with Crippen molar-refractivity contribution in [1.82, 2.24) is 0 Å². The van der Waals surface area contributed by atoms with E-state index in [2.05, 4.69) is 5.32 Å². The first-order valence-electron chi connectivity index (χ1n) is 8.84. The molecule has 0 saturated heterocycles. The number of carbonyl (C=O) groups is 2. The summed E-state index contributed by atoms with van der Waals surface area (Å²) < 4.78 is 38.3. The molecule has 0 aliphatic rings. The topological polar surface area (TPSA) is 66.4 Å². The molecule has 0 aromatic heterocycles. The van der Waals surface area contributed by atoms with Crippen LogP contribution in [0.25, 0.3) is 17.2 Å². The Morgan fingerprint density at radius 1 is 0.867 bits per heavy atom. The summed E-state index contributed by atoms with van der Waals surface area (Å²) in [5, 5.41) is 11.7. The zero-order chi connectivity index (χ0) is 21.7. The second kappa shape index (κ2) is 8.65. The molecule has 1 amide bonds. The lowest BCUT2D eigenvalue weighted by molar-refractivity contribution is -0.137. The summed E-state index contributed by atoms with van der Waals surface area (Å²) in [6.45, 7) is 0. The number of halogens is 3. The molecule has 3 rings (SSSR count). The monoisotopic (exact) mass is 411 g/mol. The molecule has 0 radical (unpaired) electrons. The lowest BCUT2D eigenvalue weighted by Gasteiger charge is -2.10. The maximum atomic E-state index is 12.8. The van der Waals surface area contributed by atoms with E-state index in [1.54, 1.807) is 36.4 Å². The van der Waals surface area contributed by atoms with Gasteiger partial charge in [0, 0.05) is 6.08 Å². The maximum Gasteiger partial charge on any atom is 0.416 e. The van der Waals surface area contributed by atoms with Crippen molar-refractivity contribution in [3.05, 3.63) is 95.6 Å². The minimum absolute atomic E-state index is 0.0376. The number of benzene rings is 3. The molecule has 3 aromatic rings. The normalized spacial score (nSPS) is 11.4. The number of carbonyl (C=O) groups excluding carboxylic acids is 1. The van der Waals surface area contributed by atoms with Crippen molar-refractivity contribution in [3.63, 3.8) is 0 Å². The van der Waals surface area contributed by atoms with Crippen LogP contribution < -0.4 is 5.32 Å². The molecule has 0 bridgehead atoms. The third-order valence-corrected chi connectivity index (χ3v) is 4.31. The Balaban J connectivity index is 1.82.